The number of hydrogen-bond acceptors (Lipinski definition) is 0. The summed E-state index contributed by atoms with van der Waals surface area (Å²) < 4.78 is 1.37. The highest BCUT2D eigenvalue weighted by Crippen LogP contribution is 2.44. The second-order valence-electron chi connectivity index (χ2n) is 5.54. The summed E-state index contributed by atoms with van der Waals surface area (Å²) in [6, 6.07) is 0. The lowest BCUT2D eigenvalue weighted by molar-refractivity contribution is -0.990. The minimum Gasteiger partial charge on any atom is -0.321 e. The number of rotatable bonds is 1. The van der Waals surface area contributed by atoms with Crippen molar-refractivity contribution in [3.8, 4) is 0 Å². The van der Waals surface area contributed by atoms with E-state index in [-0.39, 0.29) is 0 Å². The summed E-state index contributed by atoms with van der Waals surface area (Å²) in [7, 11) is 2.46. The number of quaternary nitrogens is 1. The van der Waals surface area contributed by atoms with Crippen LogP contribution in [0.15, 0.2) is 0 Å². The molecule has 12 heavy (non-hydrogen) atoms. The van der Waals surface area contributed by atoms with E-state index in [0.29, 0.717) is 5.54 Å². The molecule has 1 saturated carbocycles. The van der Waals surface area contributed by atoms with Crippen LogP contribution in [0.4, 0.5) is 0 Å². The van der Waals surface area contributed by atoms with E-state index in [1.807, 2.05) is 0 Å². The first-order chi connectivity index (χ1) is 5.56. The van der Waals surface area contributed by atoms with Gasteiger partial charge in [0.25, 0.3) is 0 Å². The van der Waals surface area contributed by atoms with Crippen LogP contribution >= 0.6 is 0 Å². The summed E-state index contributed by atoms with van der Waals surface area (Å²) in [5.74, 6) is 0.977. The highest BCUT2D eigenvalue weighted by molar-refractivity contribution is 4.87. The second kappa shape index (κ2) is 2.47. The zero-order valence-electron chi connectivity index (χ0n) is 8.77. The van der Waals surface area contributed by atoms with Crippen molar-refractivity contribution in [3.63, 3.8) is 0 Å². The molecule has 0 amide bonds. The molecule has 2 atom stereocenters. The van der Waals surface area contributed by atoms with Crippen LogP contribution in [0.3, 0.4) is 0 Å². The first-order valence-corrected chi connectivity index (χ1v) is 5.40. The van der Waals surface area contributed by atoms with Crippen LogP contribution in [0.1, 0.15) is 39.5 Å². The fourth-order valence-electron chi connectivity index (χ4n) is 3.17. The molecule has 1 saturated heterocycles. The van der Waals surface area contributed by atoms with Gasteiger partial charge in [-0.3, -0.25) is 0 Å². The van der Waals surface area contributed by atoms with Crippen LogP contribution in [0, 0.1) is 5.92 Å². The molecule has 70 valence electrons. The average Bonchev–Trinajstić information content (AvgIpc) is 2.27. The summed E-state index contributed by atoms with van der Waals surface area (Å²) in [5.41, 5.74) is 0.637. The zero-order valence-corrected chi connectivity index (χ0v) is 8.77. The Labute approximate surface area is 76.3 Å². The maximum absolute atomic E-state index is 2.51. The smallest absolute Gasteiger partial charge is 0.0964 e. The molecule has 2 fully saturated rings. The molecule has 2 rings (SSSR count). The minimum absolute atomic E-state index is 0.637. The van der Waals surface area contributed by atoms with E-state index in [9.17, 15) is 0 Å². The molecular formula is C11H22N+. The predicted molar refractivity (Wildman–Crippen MR) is 52.0 cm³/mol. The summed E-state index contributed by atoms with van der Waals surface area (Å²) in [5, 5.41) is 0. The Hall–Kier alpha value is -0.0400. The van der Waals surface area contributed by atoms with Crippen molar-refractivity contribution in [1.82, 2.24) is 0 Å². The van der Waals surface area contributed by atoms with Gasteiger partial charge >= 0.3 is 0 Å². The van der Waals surface area contributed by atoms with Gasteiger partial charge in [-0.05, 0) is 19.3 Å². The molecule has 0 aromatic heterocycles. The SMILES string of the molecule is CC1CCC(C)([N+]2(C)CCC2)C1. The van der Waals surface area contributed by atoms with Gasteiger partial charge in [0.05, 0.1) is 25.7 Å². The molecule has 0 bridgehead atoms. The van der Waals surface area contributed by atoms with Crippen LogP contribution in [0.2, 0.25) is 0 Å². The standard InChI is InChI=1S/C11H22N/c1-10-5-6-11(2,9-10)12(3)7-4-8-12/h10H,4-9H2,1-3H3/q+1. The Morgan fingerprint density at radius 2 is 2.00 bits per heavy atom. The van der Waals surface area contributed by atoms with Gasteiger partial charge in [0, 0.05) is 19.3 Å². The molecule has 0 spiro atoms. The van der Waals surface area contributed by atoms with Gasteiger partial charge < -0.3 is 4.48 Å². The van der Waals surface area contributed by atoms with E-state index in [0.717, 1.165) is 5.92 Å². The van der Waals surface area contributed by atoms with Crippen LogP contribution in [0.5, 0.6) is 0 Å². The van der Waals surface area contributed by atoms with Crippen molar-refractivity contribution >= 4 is 0 Å². The Morgan fingerprint density at radius 3 is 2.33 bits per heavy atom. The van der Waals surface area contributed by atoms with Crippen molar-refractivity contribution in [2.75, 3.05) is 20.1 Å². The van der Waals surface area contributed by atoms with Crippen molar-refractivity contribution in [3.05, 3.63) is 0 Å². The molecule has 0 N–H and O–H groups in total. The minimum atomic E-state index is 0.637. The molecular weight excluding hydrogens is 146 g/mol. The molecule has 0 radical (unpaired) electrons. The van der Waals surface area contributed by atoms with Crippen molar-refractivity contribution < 1.29 is 4.48 Å². The topological polar surface area (TPSA) is 0 Å². The normalized spacial score (nSPS) is 45.8. The molecule has 0 aromatic carbocycles. The van der Waals surface area contributed by atoms with Crippen molar-refractivity contribution in [2.24, 2.45) is 5.92 Å². The largest absolute Gasteiger partial charge is 0.321 e. The van der Waals surface area contributed by atoms with E-state index in [1.54, 1.807) is 0 Å². The lowest BCUT2D eigenvalue weighted by atomic mass is 9.89. The maximum atomic E-state index is 2.51. The Balaban J connectivity index is 2.10. The molecule has 1 aliphatic heterocycles. The Kier molecular flexibility index (Phi) is 1.76. The van der Waals surface area contributed by atoms with Gasteiger partial charge in [0.2, 0.25) is 0 Å². The van der Waals surface area contributed by atoms with Gasteiger partial charge in [-0.1, -0.05) is 6.92 Å². The number of nitrogens with zero attached hydrogens (tertiary/aromatic N) is 1. The maximum Gasteiger partial charge on any atom is 0.0964 e. The molecule has 2 aliphatic rings. The van der Waals surface area contributed by atoms with Crippen LogP contribution in [-0.4, -0.2) is 30.2 Å². The molecule has 2 unspecified atom stereocenters. The molecule has 0 aromatic rings. The fourth-order valence-corrected chi connectivity index (χ4v) is 3.17. The molecule has 1 nitrogen and oxygen atoms in total. The highest BCUT2D eigenvalue weighted by atomic mass is 15.4. The number of likely N-dealkylation sites (tertiary alicyclic amines) is 1. The van der Waals surface area contributed by atoms with E-state index in [2.05, 4.69) is 20.9 Å². The molecule has 1 aliphatic carbocycles. The third-order valence-corrected chi connectivity index (χ3v) is 4.57. The van der Waals surface area contributed by atoms with E-state index < -0.39 is 0 Å². The zero-order chi connectivity index (χ0) is 8.82. The van der Waals surface area contributed by atoms with Gasteiger partial charge in [-0.2, -0.15) is 0 Å². The Bertz CT molecular complexity index is 183. The van der Waals surface area contributed by atoms with Crippen molar-refractivity contribution in [1.29, 1.82) is 0 Å². The summed E-state index contributed by atoms with van der Waals surface area (Å²) >= 11 is 0. The van der Waals surface area contributed by atoms with E-state index >= 15 is 0 Å². The lowest BCUT2D eigenvalue weighted by Gasteiger charge is -2.53. The van der Waals surface area contributed by atoms with Crippen LogP contribution in [0.25, 0.3) is 0 Å². The van der Waals surface area contributed by atoms with Crippen molar-refractivity contribution in [2.45, 2.75) is 45.1 Å². The summed E-state index contributed by atoms with van der Waals surface area (Å²) in [6.45, 7) is 7.79. The highest BCUT2D eigenvalue weighted by Gasteiger charge is 2.51. The summed E-state index contributed by atoms with van der Waals surface area (Å²) in [4.78, 5) is 0. The predicted octanol–water partition coefficient (Wildman–Crippen LogP) is 2.42. The third-order valence-electron chi connectivity index (χ3n) is 4.57. The molecule has 1 heteroatoms. The third kappa shape index (κ3) is 1.02. The van der Waals surface area contributed by atoms with Gasteiger partial charge in [0.1, 0.15) is 0 Å². The van der Waals surface area contributed by atoms with E-state index in [4.69, 9.17) is 0 Å². The second-order valence-corrected chi connectivity index (χ2v) is 5.54. The van der Waals surface area contributed by atoms with Gasteiger partial charge in [0.15, 0.2) is 0 Å². The van der Waals surface area contributed by atoms with Gasteiger partial charge in [-0.25, -0.2) is 0 Å². The number of hydrogen-bond donors (Lipinski definition) is 0. The van der Waals surface area contributed by atoms with Crippen LogP contribution in [-0.2, 0) is 0 Å². The monoisotopic (exact) mass is 168 g/mol. The quantitative estimate of drug-likeness (QED) is 0.527. The summed E-state index contributed by atoms with van der Waals surface area (Å²) in [6.07, 6.45) is 5.85. The van der Waals surface area contributed by atoms with Gasteiger partial charge in [-0.15, -0.1) is 0 Å². The lowest BCUT2D eigenvalue weighted by Crippen LogP contribution is -2.66. The molecule has 1 heterocycles. The fraction of sp³-hybridized carbons (Fsp3) is 1.00. The van der Waals surface area contributed by atoms with Crippen LogP contribution < -0.4 is 0 Å². The first-order valence-electron chi connectivity index (χ1n) is 5.40. The Morgan fingerprint density at radius 1 is 1.33 bits per heavy atom. The van der Waals surface area contributed by atoms with E-state index in [1.165, 1.54) is 43.3 Å². The average molecular weight is 168 g/mol. The first kappa shape index (κ1) is 8.55.